The third-order valence-electron chi connectivity index (χ3n) is 4.92. The molecule has 0 radical (unpaired) electrons. The molecule has 1 aliphatic rings. The molecule has 5 heteroatoms. The van der Waals surface area contributed by atoms with Crippen LogP contribution in [0.1, 0.15) is 49.0 Å². The molecule has 0 aliphatic carbocycles. The fourth-order valence-corrected chi connectivity index (χ4v) is 3.52. The molecule has 0 fully saturated rings. The number of nitrogens with two attached hydrogens (primary N) is 1. The smallest absolute Gasteiger partial charge is 0.250 e. The molecule has 0 saturated carbocycles. The Kier molecular flexibility index (Phi) is 6.60. The van der Waals surface area contributed by atoms with Crippen LogP contribution in [-0.2, 0) is 4.79 Å². The molecule has 150 valence electrons. The van der Waals surface area contributed by atoms with Crippen LogP contribution >= 0.6 is 0 Å². The molecule has 0 bridgehead atoms. The minimum Gasteiger partial charge on any atom is -0.387 e. The van der Waals surface area contributed by atoms with Crippen molar-refractivity contribution in [1.29, 1.82) is 0 Å². The first kappa shape index (κ1) is 20.5. The number of amides is 1. The van der Waals surface area contributed by atoms with E-state index in [1.165, 1.54) is 0 Å². The van der Waals surface area contributed by atoms with Crippen LogP contribution in [0.3, 0.4) is 0 Å². The summed E-state index contributed by atoms with van der Waals surface area (Å²) in [6.45, 7) is 5.63. The molecule has 0 aromatic heterocycles. The zero-order chi connectivity index (χ0) is 20.8. The van der Waals surface area contributed by atoms with Crippen molar-refractivity contribution in [2.75, 3.05) is 13.1 Å². The number of hydrogen-bond acceptors (Lipinski definition) is 4. The SMILES string of the molecule is CCCN(CCC)C(=O)C1=Cc2ccc(-c3ccc(C=O)cc3)cc2N=C(N)C1. The molecule has 1 amide bonds. The van der Waals surface area contributed by atoms with E-state index < -0.39 is 0 Å². The summed E-state index contributed by atoms with van der Waals surface area (Å²) in [5.74, 6) is 0.470. The lowest BCUT2D eigenvalue weighted by atomic mass is 10.00. The maximum atomic E-state index is 13.1. The monoisotopic (exact) mass is 389 g/mol. The first-order valence-corrected chi connectivity index (χ1v) is 10.1. The van der Waals surface area contributed by atoms with Gasteiger partial charge in [-0.15, -0.1) is 0 Å². The number of rotatable bonds is 7. The molecule has 2 N–H and O–H groups in total. The fraction of sp³-hybridized carbons (Fsp3) is 0.292. The van der Waals surface area contributed by atoms with Crippen LogP contribution < -0.4 is 5.73 Å². The summed E-state index contributed by atoms with van der Waals surface area (Å²) in [5, 5.41) is 0. The Balaban J connectivity index is 1.95. The van der Waals surface area contributed by atoms with Crippen molar-refractivity contribution in [1.82, 2.24) is 4.90 Å². The van der Waals surface area contributed by atoms with Crippen molar-refractivity contribution < 1.29 is 9.59 Å². The van der Waals surface area contributed by atoms with Gasteiger partial charge < -0.3 is 10.6 Å². The Hall–Kier alpha value is -3.21. The maximum Gasteiger partial charge on any atom is 0.250 e. The summed E-state index contributed by atoms with van der Waals surface area (Å²) in [7, 11) is 0. The number of fused-ring (bicyclic) bond motifs is 1. The van der Waals surface area contributed by atoms with E-state index in [0.717, 1.165) is 54.6 Å². The van der Waals surface area contributed by atoms with E-state index in [1.807, 2.05) is 41.3 Å². The first-order chi connectivity index (χ1) is 14.0. The van der Waals surface area contributed by atoms with Gasteiger partial charge in [0.05, 0.1) is 5.69 Å². The summed E-state index contributed by atoms with van der Waals surface area (Å²) in [6.07, 6.45) is 4.94. The predicted octanol–water partition coefficient (Wildman–Crippen LogP) is 4.59. The standard InChI is InChI=1S/C24H27N3O2/c1-3-11-27(12-4-2)24(29)21-13-20-10-9-19(14-22(20)26-23(25)15-21)18-7-5-17(16-28)6-8-18/h5-10,13-14,16H,3-4,11-12,15H2,1-2H3,(H2,25,26). The van der Waals surface area contributed by atoms with E-state index in [4.69, 9.17) is 5.73 Å². The molecule has 0 unspecified atom stereocenters. The molecule has 1 aliphatic heterocycles. The van der Waals surface area contributed by atoms with Crippen LogP contribution in [0.5, 0.6) is 0 Å². The number of carbonyl (C=O) groups excluding carboxylic acids is 2. The van der Waals surface area contributed by atoms with Crippen molar-refractivity contribution in [2.24, 2.45) is 10.7 Å². The molecule has 3 rings (SSSR count). The Morgan fingerprint density at radius 1 is 1.07 bits per heavy atom. The number of aldehydes is 1. The maximum absolute atomic E-state index is 13.1. The van der Waals surface area contributed by atoms with Crippen LogP contribution in [0.4, 0.5) is 5.69 Å². The Morgan fingerprint density at radius 3 is 2.34 bits per heavy atom. The number of nitrogens with zero attached hydrogens (tertiary/aromatic N) is 2. The average molecular weight is 389 g/mol. The second-order valence-electron chi connectivity index (χ2n) is 7.26. The van der Waals surface area contributed by atoms with Gasteiger partial charge in [-0.2, -0.15) is 0 Å². The quantitative estimate of drug-likeness (QED) is 0.704. The summed E-state index contributed by atoms with van der Waals surface area (Å²) in [5.41, 5.74) is 11.1. The lowest BCUT2D eigenvalue weighted by molar-refractivity contribution is -0.127. The van der Waals surface area contributed by atoms with E-state index in [0.29, 0.717) is 23.4 Å². The highest BCUT2D eigenvalue weighted by Gasteiger charge is 2.21. The molecule has 0 saturated heterocycles. The van der Waals surface area contributed by atoms with E-state index in [-0.39, 0.29) is 5.91 Å². The van der Waals surface area contributed by atoms with Crippen molar-refractivity contribution in [3.05, 3.63) is 59.2 Å². The second kappa shape index (κ2) is 9.32. The average Bonchev–Trinajstić information content (AvgIpc) is 2.90. The van der Waals surface area contributed by atoms with E-state index in [2.05, 4.69) is 18.8 Å². The molecular weight excluding hydrogens is 362 g/mol. The highest BCUT2D eigenvalue weighted by molar-refractivity contribution is 6.05. The molecular formula is C24H27N3O2. The lowest BCUT2D eigenvalue weighted by Gasteiger charge is -2.22. The second-order valence-corrected chi connectivity index (χ2v) is 7.26. The minimum absolute atomic E-state index is 0.0354. The van der Waals surface area contributed by atoms with Crippen LogP contribution in [-0.4, -0.2) is 36.0 Å². The zero-order valence-corrected chi connectivity index (χ0v) is 17.0. The van der Waals surface area contributed by atoms with Gasteiger partial charge >= 0.3 is 0 Å². The van der Waals surface area contributed by atoms with E-state index in [9.17, 15) is 9.59 Å². The summed E-state index contributed by atoms with van der Waals surface area (Å²) in [6, 6.07) is 13.3. The van der Waals surface area contributed by atoms with Crippen molar-refractivity contribution in [2.45, 2.75) is 33.1 Å². The van der Waals surface area contributed by atoms with Crippen LogP contribution in [0.15, 0.2) is 53.0 Å². The topological polar surface area (TPSA) is 75.8 Å². The van der Waals surface area contributed by atoms with Gasteiger partial charge in [0.2, 0.25) is 5.91 Å². The van der Waals surface area contributed by atoms with Gasteiger partial charge in [0, 0.05) is 36.2 Å². The van der Waals surface area contributed by atoms with Gasteiger partial charge in [0.15, 0.2) is 0 Å². The third kappa shape index (κ3) is 4.80. The van der Waals surface area contributed by atoms with Gasteiger partial charge in [0.1, 0.15) is 12.1 Å². The van der Waals surface area contributed by atoms with Crippen molar-refractivity contribution in [3.8, 4) is 11.1 Å². The third-order valence-corrected chi connectivity index (χ3v) is 4.92. The Morgan fingerprint density at radius 2 is 1.72 bits per heavy atom. The molecule has 2 aromatic rings. The molecule has 29 heavy (non-hydrogen) atoms. The van der Waals surface area contributed by atoms with E-state index in [1.54, 1.807) is 12.1 Å². The minimum atomic E-state index is 0.0354. The van der Waals surface area contributed by atoms with Gasteiger partial charge in [-0.25, -0.2) is 4.99 Å². The van der Waals surface area contributed by atoms with Gasteiger partial charge in [-0.3, -0.25) is 9.59 Å². The van der Waals surface area contributed by atoms with Crippen molar-refractivity contribution in [3.63, 3.8) is 0 Å². The summed E-state index contributed by atoms with van der Waals surface area (Å²) >= 11 is 0. The highest BCUT2D eigenvalue weighted by Crippen LogP contribution is 2.32. The molecule has 5 nitrogen and oxygen atoms in total. The molecule has 0 atom stereocenters. The normalized spacial score (nSPS) is 13.0. The summed E-state index contributed by atoms with van der Waals surface area (Å²) < 4.78 is 0. The fourth-order valence-electron chi connectivity index (χ4n) is 3.52. The van der Waals surface area contributed by atoms with Crippen LogP contribution in [0.25, 0.3) is 17.2 Å². The summed E-state index contributed by atoms with van der Waals surface area (Å²) in [4.78, 5) is 30.4. The Labute approximate surface area is 171 Å². The number of amidine groups is 1. The first-order valence-electron chi connectivity index (χ1n) is 10.1. The van der Waals surface area contributed by atoms with E-state index >= 15 is 0 Å². The number of hydrogen-bond donors (Lipinski definition) is 1. The number of aliphatic imine (C=N–C) groups is 1. The zero-order valence-electron chi connectivity index (χ0n) is 17.0. The van der Waals surface area contributed by atoms with Crippen LogP contribution in [0, 0.1) is 0 Å². The highest BCUT2D eigenvalue weighted by atomic mass is 16.2. The number of benzene rings is 2. The lowest BCUT2D eigenvalue weighted by Crippen LogP contribution is -2.34. The van der Waals surface area contributed by atoms with Gasteiger partial charge in [-0.05, 0) is 36.1 Å². The predicted molar refractivity (Wildman–Crippen MR) is 118 cm³/mol. The largest absolute Gasteiger partial charge is 0.387 e. The van der Waals surface area contributed by atoms with Gasteiger partial charge in [0.25, 0.3) is 0 Å². The molecule has 0 spiro atoms. The molecule has 1 heterocycles. The number of carbonyl (C=O) groups is 2. The molecule has 2 aromatic carbocycles. The van der Waals surface area contributed by atoms with Crippen LogP contribution in [0.2, 0.25) is 0 Å². The Bertz CT molecular complexity index is 953. The van der Waals surface area contributed by atoms with Gasteiger partial charge in [-0.1, -0.05) is 50.2 Å². The van der Waals surface area contributed by atoms with Crippen molar-refractivity contribution >= 4 is 29.8 Å².